The van der Waals surface area contributed by atoms with Crippen LogP contribution in [-0.2, 0) is 9.53 Å². The Balaban J connectivity index is 1.63. The third-order valence-electron chi connectivity index (χ3n) is 4.73. The molecule has 0 bridgehead atoms. The summed E-state index contributed by atoms with van der Waals surface area (Å²) in [5, 5.41) is 8.43. The molecule has 0 aliphatic carbocycles. The van der Waals surface area contributed by atoms with Crippen molar-refractivity contribution in [3.63, 3.8) is 0 Å². The number of carbonyl (C=O) groups is 2. The van der Waals surface area contributed by atoms with Crippen molar-refractivity contribution in [2.24, 2.45) is 11.1 Å². The number of anilines is 3. The maximum absolute atomic E-state index is 12.7. The fraction of sp³-hybridized carbons (Fsp3) is 0.300. The van der Waals surface area contributed by atoms with Gasteiger partial charge in [0, 0.05) is 36.8 Å². The largest absolute Gasteiger partial charge is 0.381 e. The smallest absolute Gasteiger partial charge is 0.323 e. The third-order valence-corrected chi connectivity index (χ3v) is 4.73. The number of amides is 3. The summed E-state index contributed by atoms with van der Waals surface area (Å²) in [7, 11) is 0. The van der Waals surface area contributed by atoms with Gasteiger partial charge in [-0.05, 0) is 43.2 Å². The van der Waals surface area contributed by atoms with Crippen LogP contribution in [0, 0.1) is 5.41 Å². The number of para-hydroxylation sites is 1. The highest BCUT2D eigenvalue weighted by Gasteiger charge is 2.38. The first-order valence-electron chi connectivity index (χ1n) is 8.94. The zero-order valence-corrected chi connectivity index (χ0v) is 15.0. The second-order valence-corrected chi connectivity index (χ2v) is 6.58. The van der Waals surface area contributed by atoms with E-state index in [0.29, 0.717) is 43.1 Å². The second-order valence-electron chi connectivity index (χ2n) is 6.58. The highest BCUT2D eigenvalue weighted by molar-refractivity contribution is 6.01. The number of nitrogens with one attached hydrogen (secondary N) is 3. The zero-order chi connectivity index (χ0) is 19.1. The standard InChI is InChI=1S/C20H24N4O3/c21-14-20(9-11-27-12-10-20)18(25)22-16-7-4-8-17(13-16)24-19(26)23-15-5-2-1-3-6-15/h1-8,13H,9-12,14,21H2,(H,22,25)(H2,23,24,26). The van der Waals surface area contributed by atoms with Gasteiger partial charge >= 0.3 is 6.03 Å². The molecule has 0 unspecified atom stereocenters. The third kappa shape index (κ3) is 4.84. The maximum atomic E-state index is 12.7. The molecule has 0 spiro atoms. The zero-order valence-electron chi connectivity index (χ0n) is 15.0. The lowest BCUT2D eigenvalue weighted by Crippen LogP contribution is -2.46. The molecule has 0 atom stereocenters. The predicted molar refractivity (Wildman–Crippen MR) is 106 cm³/mol. The molecule has 2 aromatic rings. The number of benzene rings is 2. The van der Waals surface area contributed by atoms with E-state index in [-0.39, 0.29) is 18.5 Å². The molecule has 2 aromatic carbocycles. The monoisotopic (exact) mass is 368 g/mol. The summed E-state index contributed by atoms with van der Waals surface area (Å²) in [6.45, 7) is 1.34. The number of urea groups is 1. The normalized spacial score (nSPS) is 15.6. The molecule has 1 aliphatic rings. The van der Waals surface area contributed by atoms with Gasteiger partial charge in [0.15, 0.2) is 0 Å². The Labute approximate surface area is 158 Å². The molecule has 0 saturated carbocycles. The van der Waals surface area contributed by atoms with Crippen molar-refractivity contribution in [1.82, 2.24) is 0 Å². The van der Waals surface area contributed by atoms with E-state index in [2.05, 4.69) is 16.0 Å². The highest BCUT2D eigenvalue weighted by Crippen LogP contribution is 2.31. The lowest BCUT2D eigenvalue weighted by atomic mass is 9.79. The Morgan fingerprint density at radius 1 is 0.889 bits per heavy atom. The first kappa shape index (κ1) is 18.9. The van der Waals surface area contributed by atoms with Crippen LogP contribution in [0.5, 0.6) is 0 Å². The SMILES string of the molecule is NCC1(C(=O)Nc2cccc(NC(=O)Nc3ccccc3)c2)CCOCC1. The highest BCUT2D eigenvalue weighted by atomic mass is 16.5. The van der Waals surface area contributed by atoms with Crippen LogP contribution < -0.4 is 21.7 Å². The van der Waals surface area contributed by atoms with Crippen molar-refractivity contribution in [1.29, 1.82) is 0 Å². The minimum atomic E-state index is -0.605. The van der Waals surface area contributed by atoms with E-state index in [0.717, 1.165) is 0 Å². The molecule has 0 radical (unpaired) electrons. The molecule has 1 saturated heterocycles. The number of nitrogens with two attached hydrogens (primary N) is 1. The molecule has 1 aliphatic heterocycles. The van der Waals surface area contributed by atoms with Gasteiger partial charge in [-0.1, -0.05) is 24.3 Å². The minimum Gasteiger partial charge on any atom is -0.381 e. The van der Waals surface area contributed by atoms with Crippen molar-refractivity contribution in [2.45, 2.75) is 12.8 Å². The fourth-order valence-electron chi connectivity index (χ4n) is 3.04. The van der Waals surface area contributed by atoms with Gasteiger partial charge in [0.2, 0.25) is 5.91 Å². The summed E-state index contributed by atoms with van der Waals surface area (Å²) < 4.78 is 5.35. The Kier molecular flexibility index (Phi) is 6.05. The lowest BCUT2D eigenvalue weighted by Gasteiger charge is -2.34. The molecule has 142 valence electrons. The summed E-state index contributed by atoms with van der Waals surface area (Å²) in [4.78, 5) is 24.9. The lowest BCUT2D eigenvalue weighted by molar-refractivity contribution is -0.130. The van der Waals surface area contributed by atoms with Gasteiger partial charge in [-0.25, -0.2) is 4.79 Å². The molecule has 7 nitrogen and oxygen atoms in total. The van der Waals surface area contributed by atoms with Crippen molar-refractivity contribution < 1.29 is 14.3 Å². The Hall–Kier alpha value is -2.90. The van der Waals surface area contributed by atoms with Crippen LogP contribution in [0.4, 0.5) is 21.9 Å². The van der Waals surface area contributed by atoms with E-state index in [1.165, 1.54) is 0 Å². The van der Waals surface area contributed by atoms with Crippen LogP contribution in [-0.4, -0.2) is 31.7 Å². The van der Waals surface area contributed by atoms with Gasteiger partial charge in [0.05, 0.1) is 5.41 Å². The minimum absolute atomic E-state index is 0.112. The average molecular weight is 368 g/mol. The summed E-state index contributed by atoms with van der Waals surface area (Å²) in [5.41, 5.74) is 7.16. The average Bonchev–Trinajstić information content (AvgIpc) is 2.69. The molecule has 5 N–H and O–H groups in total. The van der Waals surface area contributed by atoms with Crippen LogP contribution in [0.2, 0.25) is 0 Å². The van der Waals surface area contributed by atoms with Gasteiger partial charge in [0.1, 0.15) is 0 Å². The molecule has 0 aromatic heterocycles. The fourth-order valence-corrected chi connectivity index (χ4v) is 3.04. The van der Waals surface area contributed by atoms with E-state index >= 15 is 0 Å². The van der Waals surface area contributed by atoms with E-state index in [9.17, 15) is 9.59 Å². The summed E-state index contributed by atoms with van der Waals surface area (Å²) in [6.07, 6.45) is 1.21. The first-order chi connectivity index (χ1) is 13.1. The molecular formula is C20H24N4O3. The summed E-state index contributed by atoms with van der Waals surface area (Å²) in [5.74, 6) is -0.112. The Bertz CT molecular complexity index is 789. The first-order valence-corrected chi connectivity index (χ1v) is 8.94. The van der Waals surface area contributed by atoms with E-state index in [4.69, 9.17) is 10.5 Å². The number of hydrogen-bond donors (Lipinski definition) is 4. The van der Waals surface area contributed by atoms with Gasteiger partial charge in [-0.15, -0.1) is 0 Å². The van der Waals surface area contributed by atoms with Crippen molar-refractivity contribution >= 4 is 29.0 Å². The van der Waals surface area contributed by atoms with Crippen molar-refractivity contribution in [3.8, 4) is 0 Å². The van der Waals surface area contributed by atoms with Crippen LogP contribution in [0.15, 0.2) is 54.6 Å². The molecule has 27 heavy (non-hydrogen) atoms. The summed E-state index contributed by atoms with van der Waals surface area (Å²) in [6, 6.07) is 15.8. The molecule has 7 heteroatoms. The van der Waals surface area contributed by atoms with Crippen LogP contribution >= 0.6 is 0 Å². The molecular weight excluding hydrogens is 344 g/mol. The quantitative estimate of drug-likeness (QED) is 0.651. The van der Waals surface area contributed by atoms with Gasteiger partial charge < -0.3 is 26.4 Å². The number of carbonyl (C=O) groups excluding carboxylic acids is 2. The molecule has 3 amide bonds. The molecule has 1 heterocycles. The van der Waals surface area contributed by atoms with Crippen molar-refractivity contribution in [2.75, 3.05) is 35.7 Å². The topological polar surface area (TPSA) is 105 Å². The van der Waals surface area contributed by atoms with Crippen LogP contribution in [0.25, 0.3) is 0 Å². The second kappa shape index (κ2) is 8.66. The van der Waals surface area contributed by atoms with Gasteiger partial charge in [-0.3, -0.25) is 4.79 Å². The van der Waals surface area contributed by atoms with Crippen molar-refractivity contribution in [3.05, 3.63) is 54.6 Å². The van der Waals surface area contributed by atoms with Gasteiger partial charge in [-0.2, -0.15) is 0 Å². The Morgan fingerprint density at radius 2 is 1.48 bits per heavy atom. The molecule has 3 rings (SSSR count). The molecule has 1 fully saturated rings. The van der Waals surface area contributed by atoms with E-state index in [1.807, 2.05) is 18.2 Å². The van der Waals surface area contributed by atoms with Crippen LogP contribution in [0.1, 0.15) is 12.8 Å². The number of ether oxygens (including phenoxy) is 1. The maximum Gasteiger partial charge on any atom is 0.323 e. The van der Waals surface area contributed by atoms with E-state index in [1.54, 1.807) is 36.4 Å². The van der Waals surface area contributed by atoms with Crippen LogP contribution in [0.3, 0.4) is 0 Å². The Morgan fingerprint density at radius 3 is 2.15 bits per heavy atom. The predicted octanol–water partition coefficient (Wildman–Crippen LogP) is 3.02. The summed E-state index contributed by atoms with van der Waals surface area (Å²) >= 11 is 0. The number of rotatable bonds is 5. The number of hydrogen-bond acceptors (Lipinski definition) is 4. The van der Waals surface area contributed by atoms with Gasteiger partial charge in [0.25, 0.3) is 0 Å². The van der Waals surface area contributed by atoms with E-state index < -0.39 is 5.41 Å².